The van der Waals surface area contributed by atoms with Crippen LogP contribution in [-0.4, -0.2) is 65.9 Å². The highest BCUT2D eigenvalue weighted by atomic mass is 16.5. The van der Waals surface area contributed by atoms with E-state index in [0.29, 0.717) is 0 Å². The van der Waals surface area contributed by atoms with Crippen LogP contribution in [0.5, 0.6) is 0 Å². The average molecular weight is 686 g/mol. The van der Waals surface area contributed by atoms with E-state index >= 15 is 0 Å². The Balaban J connectivity index is 1.39. The van der Waals surface area contributed by atoms with Crippen LogP contribution < -0.4 is 26.6 Å². The minimum atomic E-state index is -1.17. The zero-order valence-corrected chi connectivity index (χ0v) is 29.1. The highest BCUT2D eigenvalue weighted by Gasteiger charge is 2.32. The summed E-state index contributed by atoms with van der Waals surface area (Å²) in [6, 6.07) is 21.2. The standard InChI is InChI=1S/C38H47N5O7/c1-22(2)19-31(36(46)47)40-34(44)24(5)39-37(48)42-32(20-25-13-7-6-8-14-25)41-35(45)33(23(3)4)43-38(49)50-21-30-28-17-11-9-15-26(28)27-16-10-12-18-29(27)30/h6-18,22-24,30-33H,19-21H2,1-5H3,(H,40,44)(H,41,45)(H,43,49)(H,46,47)(H2,39,42,48)/t24-,31-,32+,33-/m0/s1. The van der Waals surface area contributed by atoms with Crippen molar-refractivity contribution in [3.63, 3.8) is 0 Å². The van der Waals surface area contributed by atoms with Gasteiger partial charge in [-0.15, -0.1) is 0 Å². The lowest BCUT2D eigenvalue weighted by molar-refractivity contribution is -0.142. The van der Waals surface area contributed by atoms with Crippen LogP contribution in [0, 0.1) is 11.8 Å². The molecule has 4 rings (SSSR count). The van der Waals surface area contributed by atoms with Gasteiger partial charge in [-0.3, -0.25) is 9.59 Å². The zero-order valence-electron chi connectivity index (χ0n) is 29.1. The molecule has 3 aromatic carbocycles. The van der Waals surface area contributed by atoms with Crippen LogP contribution in [-0.2, 0) is 25.5 Å². The number of carboxylic acid groups (broad SMARTS) is 1. The molecule has 0 radical (unpaired) electrons. The number of benzene rings is 3. The summed E-state index contributed by atoms with van der Waals surface area (Å²) in [7, 11) is 0. The SMILES string of the molecule is CC(C)C[C@H](NC(=O)[C@H](C)NC(=O)N[C@H](Cc1ccccc1)NC(=O)[C@@H](NC(=O)OCC1c2ccccc2-c2ccccc21)C(C)C)C(=O)O. The van der Waals surface area contributed by atoms with Gasteiger partial charge in [0.15, 0.2) is 0 Å². The Labute approximate surface area is 292 Å². The number of carbonyl (C=O) groups excluding carboxylic acids is 4. The Hall–Kier alpha value is -5.39. The molecule has 1 aliphatic carbocycles. The highest BCUT2D eigenvalue weighted by molar-refractivity contribution is 5.90. The molecule has 0 bridgehead atoms. The van der Waals surface area contributed by atoms with Crippen molar-refractivity contribution in [3.05, 3.63) is 95.6 Å². The number of hydrogen-bond donors (Lipinski definition) is 6. The fourth-order valence-electron chi connectivity index (χ4n) is 6.00. The molecule has 1 aliphatic rings. The fraction of sp³-hybridized carbons (Fsp3) is 0.395. The van der Waals surface area contributed by atoms with E-state index in [0.717, 1.165) is 27.8 Å². The molecule has 12 nitrogen and oxygen atoms in total. The van der Waals surface area contributed by atoms with E-state index < -0.39 is 54.2 Å². The normalized spacial score (nSPS) is 14.4. The maximum absolute atomic E-state index is 13.6. The van der Waals surface area contributed by atoms with Crippen molar-refractivity contribution in [2.24, 2.45) is 11.8 Å². The number of ether oxygens (including phenoxy) is 1. The molecule has 0 unspecified atom stereocenters. The monoisotopic (exact) mass is 685 g/mol. The maximum atomic E-state index is 13.6. The predicted octanol–water partition coefficient (Wildman–Crippen LogP) is 4.54. The lowest BCUT2D eigenvalue weighted by Gasteiger charge is -2.27. The van der Waals surface area contributed by atoms with Crippen LogP contribution in [0.2, 0.25) is 0 Å². The molecule has 266 valence electrons. The first-order chi connectivity index (χ1) is 23.8. The summed E-state index contributed by atoms with van der Waals surface area (Å²) in [5, 5.41) is 22.7. The van der Waals surface area contributed by atoms with E-state index in [1.165, 1.54) is 6.92 Å². The van der Waals surface area contributed by atoms with E-state index in [9.17, 15) is 29.1 Å². The molecule has 0 aliphatic heterocycles. The number of carbonyl (C=O) groups is 5. The molecular weight excluding hydrogens is 638 g/mol. The molecule has 4 atom stereocenters. The number of hydrogen-bond acceptors (Lipinski definition) is 6. The van der Waals surface area contributed by atoms with Gasteiger partial charge in [-0.2, -0.15) is 0 Å². The van der Waals surface area contributed by atoms with Crippen LogP contribution in [0.1, 0.15) is 63.6 Å². The second-order valence-electron chi connectivity index (χ2n) is 13.3. The van der Waals surface area contributed by atoms with Crippen molar-refractivity contribution in [1.29, 1.82) is 0 Å². The molecule has 0 saturated carbocycles. The third-order valence-corrected chi connectivity index (χ3v) is 8.53. The van der Waals surface area contributed by atoms with Gasteiger partial charge in [-0.05, 0) is 53.0 Å². The molecule has 0 spiro atoms. The molecule has 0 aromatic heterocycles. The third kappa shape index (κ3) is 10.1. The van der Waals surface area contributed by atoms with Crippen molar-refractivity contribution in [2.75, 3.05) is 6.61 Å². The molecule has 0 fully saturated rings. The van der Waals surface area contributed by atoms with Gasteiger partial charge >= 0.3 is 18.1 Å². The number of carboxylic acids is 1. The van der Waals surface area contributed by atoms with Crippen LogP contribution in [0.3, 0.4) is 0 Å². The van der Waals surface area contributed by atoms with Crippen molar-refractivity contribution in [3.8, 4) is 11.1 Å². The summed E-state index contributed by atoms with van der Waals surface area (Å²) in [6.45, 7) is 8.77. The van der Waals surface area contributed by atoms with Gasteiger partial charge in [0.05, 0.1) is 0 Å². The van der Waals surface area contributed by atoms with Gasteiger partial charge in [0.1, 0.15) is 30.9 Å². The van der Waals surface area contributed by atoms with E-state index in [1.807, 2.05) is 92.7 Å². The Morgan fingerprint density at radius 2 is 1.28 bits per heavy atom. The number of nitrogens with one attached hydrogen (secondary N) is 5. The van der Waals surface area contributed by atoms with E-state index in [1.54, 1.807) is 13.8 Å². The summed E-state index contributed by atoms with van der Waals surface area (Å²) < 4.78 is 5.68. The van der Waals surface area contributed by atoms with Gasteiger partial charge in [-0.25, -0.2) is 14.4 Å². The van der Waals surface area contributed by atoms with Crippen molar-refractivity contribution in [2.45, 2.75) is 77.7 Å². The molecule has 5 amide bonds. The molecule has 12 heteroatoms. The molecule has 6 N–H and O–H groups in total. The Morgan fingerprint density at radius 3 is 1.84 bits per heavy atom. The van der Waals surface area contributed by atoms with Gasteiger partial charge in [0.2, 0.25) is 11.8 Å². The first kappa shape index (κ1) is 37.4. The van der Waals surface area contributed by atoms with E-state index in [2.05, 4.69) is 26.6 Å². The predicted molar refractivity (Wildman–Crippen MR) is 189 cm³/mol. The van der Waals surface area contributed by atoms with E-state index in [-0.39, 0.29) is 37.2 Å². The minimum absolute atomic E-state index is 0.0265. The third-order valence-electron chi connectivity index (χ3n) is 8.53. The van der Waals surface area contributed by atoms with Crippen LogP contribution in [0.15, 0.2) is 78.9 Å². The molecule has 0 heterocycles. The van der Waals surface area contributed by atoms with Crippen LogP contribution in [0.25, 0.3) is 11.1 Å². The fourth-order valence-corrected chi connectivity index (χ4v) is 6.00. The molecular formula is C38H47N5O7. The summed E-state index contributed by atoms with van der Waals surface area (Å²) in [4.78, 5) is 64.1. The summed E-state index contributed by atoms with van der Waals surface area (Å²) in [5.41, 5.74) is 5.15. The largest absolute Gasteiger partial charge is 0.480 e. The van der Waals surface area contributed by atoms with Crippen molar-refractivity contribution < 1.29 is 33.8 Å². The quantitative estimate of drug-likeness (QED) is 0.127. The summed E-state index contributed by atoms with van der Waals surface area (Å²) in [5.74, 6) is -2.83. The summed E-state index contributed by atoms with van der Waals surface area (Å²) >= 11 is 0. The number of rotatable bonds is 15. The van der Waals surface area contributed by atoms with Gasteiger partial charge < -0.3 is 36.4 Å². The lowest BCUT2D eigenvalue weighted by atomic mass is 9.98. The number of fused-ring (bicyclic) bond motifs is 3. The molecule has 0 saturated heterocycles. The lowest BCUT2D eigenvalue weighted by Crippen LogP contribution is -2.59. The zero-order chi connectivity index (χ0) is 36.4. The van der Waals surface area contributed by atoms with Crippen molar-refractivity contribution >= 4 is 29.9 Å². The Kier molecular flexibility index (Phi) is 13.0. The number of aliphatic carboxylic acids is 1. The van der Waals surface area contributed by atoms with E-state index in [4.69, 9.17) is 4.74 Å². The van der Waals surface area contributed by atoms with Gasteiger partial charge in [0, 0.05) is 12.3 Å². The topological polar surface area (TPSA) is 175 Å². The first-order valence-electron chi connectivity index (χ1n) is 16.9. The first-order valence-corrected chi connectivity index (χ1v) is 16.9. The molecule has 50 heavy (non-hydrogen) atoms. The smallest absolute Gasteiger partial charge is 0.407 e. The van der Waals surface area contributed by atoms with Crippen LogP contribution >= 0.6 is 0 Å². The Morgan fingerprint density at radius 1 is 0.700 bits per heavy atom. The molecule has 3 aromatic rings. The minimum Gasteiger partial charge on any atom is -0.480 e. The van der Waals surface area contributed by atoms with Crippen molar-refractivity contribution in [1.82, 2.24) is 26.6 Å². The Bertz CT molecular complexity index is 1620. The van der Waals surface area contributed by atoms with Gasteiger partial charge in [-0.1, -0.05) is 107 Å². The van der Waals surface area contributed by atoms with Gasteiger partial charge in [0.25, 0.3) is 0 Å². The number of urea groups is 1. The number of alkyl carbamates (subject to hydrolysis) is 1. The second-order valence-corrected chi connectivity index (χ2v) is 13.3. The maximum Gasteiger partial charge on any atom is 0.407 e. The van der Waals surface area contributed by atoms with Crippen LogP contribution in [0.4, 0.5) is 9.59 Å². The highest BCUT2D eigenvalue weighted by Crippen LogP contribution is 2.44. The number of amides is 5. The summed E-state index contributed by atoms with van der Waals surface area (Å²) in [6.07, 6.45) is -1.25. The average Bonchev–Trinajstić information content (AvgIpc) is 3.39. The second kappa shape index (κ2) is 17.3.